The zero-order valence-corrected chi connectivity index (χ0v) is 11.4. The van der Waals surface area contributed by atoms with Crippen LogP contribution in [0.1, 0.15) is 27.2 Å². The Morgan fingerprint density at radius 1 is 1.37 bits per heavy atom. The van der Waals surface area contributed by atoms with Crippen LogP contribution >= 0.6 is 0 Å². The minimum atomic E-state index is -0.337. The summed E-state index contributed by atoms with van der Waals surface area (Å²) in [6, 6.07) is 1.68. The number of likely N-dealkylation sites (tertiary alicyclic amines) is 1. The predicted molar refractivity (Wildman–Crippen MR) is 70.2 cm³/mol. The molecule has 0 aliphatic carbocycles. The van der Waals surface area contributed by atoms with Crippen LogP contribution in [0.4, 0.5) is 5.95 Å². The topological polar surface area (TPSA) is 75.2 Å². The molecular formula is C13H18N4O2. The third-order valence-corrected chi connectivity index (χ3v) is 3.11. The summed E-state index contributed by atoms with van der Waals surface area (Å²) >= 11 is 0. The van der Waals surface area contributed by atoms with Crippen molar-refractivity contribution in [3.63, 3.8) is 0 Å². The molecule has 6 heteroatoms. The Bertz CT molecular complexity index is 481. The molecule has 0 bridgehead atoms. The van der Waals surface area contributed by atoms with Gasteiger partial charge in [-0.25, -0.2) is 9.97 Å². The van der Waals surface area contributed by atoms with Gasteiger partial charge < -0.3 is 4.90 Å². The number of aromatic nitrogens is 2. The highest BCUT2D eigenvalue weighted by Crippen LogP contribution is 2.26. The molecule has 1 aliphatic rings. The second-order valence-corrected chi connectivity index (χ2v) is 5.64. The van der Waals surface area contributed by atoms with Crippen molar-refractivity contribution in [1.29, 1.82) is 0 Å². The molecule has 1 aromatic rings. The van der Waals surface area contributed by atoms with Crippen molar-refractivity contribution in [2.24, 2.45) is 5.92 Å². The first-order chi connectivity index (χ1) is 8.88. The SMILES string of the molecule is CC(C)(C)N1C[C@@H](C(=O)Nc2ncccn2)CC1=O. The summed E-state index contributed by atoms with van der Waals surface area (Å²) < 4.78 is 0. The van der Waals surface area contributed by atoms with Gasteiger partial charge in [-0.05, 0) is 26.8 Å². The molecule has 1 aromatic heterocycles. The molecule has 1 atom stereocenters. The average molecular weight is 262 g/mol. The van der Waals surface area contributed by atoms with Crippen LogP contribution in [-0.2, 0) is 9.59 Å². The minimum Gasteiger partial charge on any atom is -0.337 e. The van der Waals surface area contributed by atoms with Crippen molar-refractivity contribution in [1.82, 2.24) is 14.9 Å². The van der Waals surface area contributed by atoms with Crippen molar-refractivity contribution < 1.29 is 9.59 Å². The molecule has 1 N–H and O–H groups in total. The smallest absolute Gasteiger partial charge is 0.232 e. The van der Waals surface area contributed by atoms with E-state index in [1.54, 1.807) is 23.4 Å². The first-order valence-electron chi connectivity index (χ1n) is 6.26. The lowest BCUT2D eigenvalue weighted by molar-refractivity contribution is -0.131. The molecule has 2 heterocycles. The molecule has 0 radical (unpaired) electrons. The fourth-order valence-corrected chi connectivity index (χ4v) is 2.11. The van der Waals surface area contributed by atoms with E-state index in [2.05, 4.69) is 15.3 Å². The lowest BCUT2D eigenvalue weighted by Gasteiger charge is -2.31. The highest BCUT2D eigenvalue weighted by Gasteiger charge is 2.39. The highest BCUT2D eigenvalue weighted by molar-refractivity contribution is 5.96. The van der Waals surface area contributed by atoms with Gasteiger partial charge in [-0.3, -0.25) is 14.9 Å². The van der Waals surface area contributed by atoms with Gasteiger partial charge in [0.2, 0.25) is 17.8 Å². The number of nitrogens with zero attached hydrogens (tertiary/aromatic N) is 3. The molecular weight excluding hydrogens is 244 g/mol. The van der Waals surface area contributed by atoms with Gasteiger partial charge in [-0.15, -0.1) is 0 Å². The molecule has 6 nitrogen and oxygen atoms in total. The second-order valence-electron chi connectivity index (χ2n) is 5.64. The monoisotopic (exact) mass is 262 g/mol. The molecule has 102 valence electrons. The molecule has 2 rings (SSSR count). The first-order valence-corrected chi connectivity index (χ1v) is 6.26. The minimum absolute atomic E-state index is 0.0154. The maximum absolute atomic E-state index is 12.1. The molecule has 19 heavy (non-hydrogen) atoms. The van der Waals surface area contributed by atoms with E-state index in [4.69, 9.17) is 0 Å². The third kappa shape index (κ3) is 3.07. The quantitative estimate of drug-likeness (QED) is 0.864. The zero-order chi connectivity index (χ0) is 14.0. The van der Waals surface area contributed by atoms with E-state index in [1.807, 2.05) is 20.8 Å². The number of hydrogen-bond donors (Lipinski definition) is 1. The molecule has 0 spiro atoms. The van der Waals surface area contributed by atoms with Crippen LogP contribution in [0, 0.1) is 5.92 Å². The Morgan fingerprint density at radius 3 is 2.53 bits per heavy atom. The Hall–Kier alpha value is -1.98. The summed E-state index contributed by atoms with van der Waals surface area (Å²) in [5.74, 6) is -0.252. The fourth-order valence-electron chi connectivity index (χ4n) is 2.11. The number of carbonyl (C=O) groups is 2. The van der Waals surface area contributed by atoms with Gasteiger partial charge in [0, 0.05) is 30.9 Å². The van der Waals surface area contributed by atoms with Gasteiger partial charge in [-0.2, -0.15) is 0 Å². The first kappa shape index (κ1) is 13.5. The van der Waals surface area contributed by atoms with Crippen LogP contribution in [0.25, 0.3) is 0 Å². The number of hydrogen-bond acceptors (Lipinski definition) is 4. The van der Waals surface area contributed by atoms with E-state index >= 15 is 0 Å². The third-order valence-electron chi connectivity index (χ3n) is 3.11. The molecule has 0 aromatic carbocycles. The number of anilines is 1. The number of carbonyl (C=O) groups excluding carboxylic acids is 2. The van der Waals surface area contributed by atoms with Crippen molar-refractivity contribution in [3.05, 3.63) is 18.5 Å². The number of rotatable bonds is 2. The molecule has 1 fully saturated rings. The lowest BCUT2D eigenvalue weighted by Crippen LogP contribution is -2.42. The Kier molecular flexibility index (Phi) is 3.50. The van der Waals surface area contributed by atoms with Gasteiger partial charge in [0.25, 0.3) is 0 Å². The summed E-state index contributed by atoms with van der Waals surface area (Å²) in [4.78, 5) is 33.6. The molecule has 0 unspecified atom stereocenters. The Labute approximate surface area is 112 Å². The van der Waals surface area contributed by atoms with Crippen LogP contribution in [0.2, 0.25) is 0 Å². The van der Waals surface area contributed by atoms with E-state index in [0.717, 1.165) is 0 Å². The Morgan fingerprint density at radius 2 is 2.00 bits per heavy atom. The van der Waals surface area contributed by atoms with E-state index in [-0.39, 0.29) is 35.6 Å². The highest BCUT2D eigenvalue weighted by atomic mass is 16.2. The lowest BCUT2D eigenvalue weighted by atomic mass is 10.1. The van der Waals surface area contributed by atoms with Gasteiger partial charge in [0.05, 0.1) is 5.92 Å². The van der Waals surface area contributed by atoms with Crippen LogP contribution in [0.15, 0.2) is 18.5 Å². The standard InChI is InChI=1S/C13H18N4O2/c1-13(2,3)17-8-9(7-10(17)18)11(19)16-12-14-5-4-6-15-12/h4-6,9H,7-8H2,1-3H3,(H,14,15,16,19)/t9-/m0/s1. The maximum Gasteiger partial charge on any atom is 0.232 e. The number of amides is 2. The normalized spacial score (nSPS) is 19.6. The van der Waals surface area contributed by atoms with Gasteiger partial charge in [-0.1, -0.05) is 0 Å². The van der Waals surface area contributed by atoms with E-state index in [1.165, 1.54) is 0 Å². The largest absolute Gasteiger partial charge is 0.337 e. The zero-order valence-electron chi connectivity index (χ0n) is 11.4. The van der Waals surface area contributed by atoms with Crippen molar-refractivity contribution in [2.45, 2.75) is 32.7 Å². The maximum atomic E-state index is 12.1. The van der Waals surface area contributed by atoms with Crippen LogP contribution in [0.3, 0.4) is 0 Å². The van der Waals surface area contributed by atoms with E-state index < -0.39 is 0 Å². The molecule has 1 aliphatic heterocycles. The summed E-state index contributed by atoms with van der Waals surface area (Å²) in [5, 5.41) is 2.64. The van der Waals surface area contributed by atoms with Crippen molar-refractivity contribution >= 4 is 17.8 Å². The fraction of sp³-hybridized carbons (Fsp3) is 0.538. The van der Waals surface area contributed by atoms with Gasteiger partial charge in [0.15, 0.2) is 0 Å². The Balaban J connectivity index is 2.01. The summed E-state index contributed by atoms with van der Waals surface area (Å²) in [6.07, 6.45) is 3.36. The van der Waals surface area contributed by atoms with Gasteiger partial charge in [0.1, 0.15) is 0 Å². The number of nitrogens with one attached hydrogen (secondary N) is 1. The van der Waals surface area contributed by atoms with Crippen LogP contribution < -0.4 is 5.32 Å². The average Bonchev–Trinajstić information content (AvgIpc) is 2.72. The summed E-state index contributed by atoms with van der Waals surface area (Å²) in [5.41, 5.74) is -0.255. The van der Waals surface area contributed by atoms with Crippen LogP contribution in [-0.4, -0.2) is 38.8 Å². The van der Waals surface area contributed by atoms with Crippen molar-refractivity contribution in [2.75, 3.05) is 11.9 Å². The van der Waals surface area contributed by atoms with Gasteiger partial charge >= 0.3 is 0 Å². The van der Waals surface area contributed by atoms with Crippen molar-refractivity contribution in [3.8, 4) is 0 Å². The molecule has 1 saturated heterocycles. The predicted octanol–water partition coefficient (Wildman–Crippen LogP) is 1.06. The van der Waals surface area contributed by atoms with E-state index in [9.17, 15) is 9.59 Å². The molecule has 0 saturated carbocycles. The summed E-state index contributed by atoms with van der Waals surface area (Å²) in [6.45, 7) is 6.34. The second kappa shape index (κ2) is 4.95. The van der Waals surface area contributed by atoms with E-state index in [0.29, 0.717) is 6.54 Å². The molecule has 2 amide bonds. The van der Waals surface area contributed by atoms with Crippen LogP contribution in [0.5, 0.6) is 0 Å². The summed E-state index contributed by atoms with van der Waals surface area (Å²) in [7, 11) is 0.